The first-order valence-corrected chi connectivity index (χ1v) is 10.4. The van der Waals surface area contributed by atoms with Gasteiger partial charge in [0.25, 0.3) is 0 Å². The lowest BCUT2D eigenvalue weighted by Crippen LogP contribution is -2.68. The van der Waals surface area contributed by atoms with Gasteiger partial charge in [-0.05, 0) is 44.6 Å². The lowest BCUT2D eigenvalue weighted by molar-refractivity contribution is -0.236. The summed E-state index contributed by atoms with van der Waals surface area (Å²) in [7, 11) is 3.27. The molecule has 1 heterocycles. The molecule has 2 bridgehead atoms. The monoisotopic (exact) mass is 391 g/mol. The number of Topliss-reactive ketones (excluding diaryl/α,β-unsaturated/α-hetero) is 1. The maximum absolute atomic E-state index is 14.1. The van der Waals surface area contributed by atoms with E-state index in [1.807, 2.05) is 6.92 Å². The van der Waals surface area contributed by atoms with Crippen molar-refractivity contribution < 1.29 is 19.0 Å². The Labute approximate surface area is 167 Å². The van der Waals surface area contributed by atoms with E-state index < -0.39 is 22.5 Å². The van der Waals surface area contributed by atoms with Gasteiger partial charge in [-0.3, -0.25) is 4.79 Å². The second-order valence-electron chi connectivity index (χ2n) is 10.0. The highest BCUT2D eigenvalue weighted by molar-refractivity contribution is 5.93. The predicted octanol–water partition coefficient (Wildman–Crippen LogP) is 3.67. The number of nitrogens with zero attached hydrogens (tertiary/aromatic N) is 1. The number of nitroso groups, excluding NO2 is 1. The summed E-state index contributed by atoms with van der Waals surface area (Å²) in [5, 5.41) is 3.81. The quantitative estimate of drug-likeness (QED) is 0.542. The van der Waals surface area contributed by atoms with Crippen molar-refractivity contribution in [3.05, 3.63) is 16.1 Å². The molecular weight excluding hydrogens is 358 g/mol. The van der Waals surface area contributed by atoms with Crippen LogP contribution in [0.4, 0.5) is 0 Å². The largest absolute Gasteiger partial charge is 0.380 e. The normalized spacial score (nSPS) is 47.4. The van der Waals surface area contributed by atoms with Crippen LogP contribution in [0.2, 0.25) is 0 Å². The van der Waals surface area contributed by atoms with Crippen molar-refractivity contribution >= 4 is 5.78 Å². The van der Waals surface area contributed by atoms with Crippen LogP contribution in [0.15, 0.2) is 16.3 Å². The number of methoxy groups -OCH3 is 2. The highest BCUT2D eigenvalue weighted by Crippen LogP contribution is 2.62. The van der Waals surface area contributed by atoms with E-state index in [1.54, 1.807) is 14.2 Å². The molecule has 0 aromatic heterocycles. The second kappa shape index (κ2) is 6.44. The third-order valence-corrected chi connectivity index (χ3v) is 8.88. The van der Waals surface area contributed by atoms with Gasteiger partial charge in [0.15, 0.2) is 5.78 Å². The van der Waals surface area contributed by atoms with Crippen molar-refractivity contribution in [2.24, 2.45) is 27.8 Å². The van der Waals surface area contributed by atoms with E-state index in [2.05, 4.69) is 25.9 Å². The van der Waals surface area contributed by atoms with E-state index in [9.17, 15) is 9.70 Å². The van der Waals surface area contributed by atoms with E-state index in [0.29, 0.717) is 25.9 Å². The standard InChI is InChI=1S/C22H33NO5/c1-12-7-8-22(23-25)10-14-13-11-28-15(13)9-16(26-5)21(14,4)19(24)18(27-6)17(12)20(22,2)3/h13-16,18H,7-11H2,1-6H3/t13-,14?,15+,16-,18+,21-,22+/m0/s1. The number of hydrogen-bond acceptors (Lipinski definition) is 6. The maximum atomic E-state index is 14.1. The average Bonchev–Trinajstić information content (AvgIpc) is 2.64. The molecule has 6 heteroatoms. The molecular formula is C22H33NO5. The molecule has 0 spiro atoms. The minimum absolute atomic E-state index is 0.00738. The fraction of sp³-hybridized carbons (Fsp3) is 0.864. The molecule has 4 rings (SSSR count). The summed E-state index contributed by atoms with van der Waals surface area (Å²) in [6, 6.07) is 0. The Kier molecular flexibility index (Phi) is 4.64. The SMILES string of the molecule is CO[C@H]1C(=O)[C@@]2(C)C(C[C@]3(N=O)CCC(C)=C1C3(C)C)[C@@H]1CO[C@@H]1C[C@@H]2OC. The van der Waals surface area contributed by atoms with Gasteiger partial charge in [0.2, 0.25) is 0 Å². The molecule has 28 heavy (non-hydrogen) atoms. The first-order chi connectivity index (χ1) is 13.2. The highest BCUT2D eigenvalue weighted by atomic mass is 16.5. The fourth-order valence-electron chi connectivity index (χ4n) is 6.88. The molecule has 4 aliphatic rings. The van der Waals surface area contributed by atoms with Gasteiger partial charge in [-0.15, -0.1) is 0 Å². The van der Waals surface area contributed by atoms with E-state index in [4.69, 9.17) is 14.2 Å². The van der Waals surface area contributed by atoms with Gasteiger partial charge >= 0.3 is 0 Å². The van der Waals surface area contributed by atoms with E-state index >= 15 is 0 Å². The van der Waals surface area contributed by atoms with Gasteiger partial charge < -0.3 is 14.2 Å². The van der Waals surface area contributed by atoms with Crippen LogP contribution in [0.5, 0.6) is 0 Å². The average molecular weight is 392 g/mol. The molecule has 0 aromatic carbocycles. The number of allylic oxidation sites excluding steroid dienone is 1. The van der Waals surface area contributed by atoms with Crippen molar-refractivity contribution in [3.63, 3.8) is 0 Å². The molecule has 156 valence electrons. The molecule has 0 amide bonds. The van der Waals surface area contributed by atoms with Gasteiger partial charge in [-0.2, -0.15) is 4.91 Å². The Morgan fingerprint density at radius 2 is 1.89 bits per heavy atom. The zero-order valence-electron chi connectivity index (χ0n) is 17.9. The Morgan fingerprint density at radius 3 is 2.43 bits per heavy atom. The number of carbonyl (C=O) groups excluding carboxylic acids is 1. The molecule has 1 aliphatic heterocycles. The summed E-state index contributed by atoms with van der Waals surface area (Å²) < 4.78 is 17.6. The van der Waals surface area contributed by atoms with Crippen LogP contribution in [0.3, 0.4) is 0 Å². The molecule has 1 unspecified atom stereocenters. The van der Waals surface area contributed by atoms with Crippen molar-refractivity contribution in [1.29, 1.82) is 0 Å². The van der Waals surface area contributed by atoms with E-state index in [1.165, 1.54) is 0 Å². The smallest absolute Gasteiger partial charge is 0.174 e. The summed E-state index contributed by atoms with van der Waals surface area (Å²) in [6.45, 7) is 8.87. The van der Waals surface area contributed by atoms with Crippen molar-refractivity contribution in [3.8, 4) is 0 Å². The van der Waals surface area contributed by atoms with Gasteiger partial charge in [0.05, 0.1) is 24.2 Å². The molecule has 3 fully saturated rings. The summed E-state index contributed by atoms with van der Waals surface area (Å²) in [4.78, 5) is 26.5. The van der Waals surface area contributed by atoms with Gasteiger partial charge in [-0.25, -0.2) is 0 Å². The number of ketones is 1. The summed E-state index contributed by atoms with van der Waals surface area (Å²) in [5.41, 5.74) is 0.0967. The lowest BCUT2D eigenvalue weighted by atomic mass is 9.46. The number of rotatable bonds is 3. The predicted molar refractivity (Wildman–Crippen MR) is 105 cm³/mol. The Balaban J connectivity index is 1.95. The minimum atomic E-state index is -0.749. The zero-order valence-corrected chi connectivity index (χ0v) is 17.9. The van der Waals surface area contributed by atoms with Gasteiger partial charge in [0, 0.05) is 32.0 Å². The molecule has 7 atom stereocenters. The number of carbonyl (C=O) groups is 1. The topological polar surface area (TPSA) is 74.2 Å². The van der Waals surface area contributed by atoms with Crippen LogP contribution in [0.1, 0.15) is 53.4 Å². The summed E-state index contributed by atoms with van der Waals surface area (Å²) >= 11 is 0. The third kappa shape index (κ3) is 2.28. The minimum Gasteiger partial charge on any atom is -0.380 e. The maximum Gasteiger partial charge on any atom is 0.174 e. The molecule has 0 aromatic rings. The van der Waals surface area contributed by atoms with Crippen molar-refractivity contribution in [2.45, 2.75) is 77.2 Å². The van der Waals surface area contributed by atoms with Crippen molar-refractivity contribution in [1.82, 2.24) is 0 Å². The number of ether oxygens (including phenoxy) is 3. The van der Waals surface area contributed by atoms with Crippen LogP contribution in [0.25, 0.3) is 0 Å². The first kappa shape index (κ1) is 20.2. The second-order valence-corrected chi connectivity index (χ2v) is 10.0. The van der Waals surface area contributed by atoms with Crippen LogP contribution in [-0.2, 0) is 19.0 Å². The number of fused-ring (bicyclic) bond motifs is 5. The molecule has 2 saturated carbocycles. The fourth-order valence-corrected chi connectivity index (χ4v) is 6.88. The van der Waals surface area contributed by atoms with E-state index in [0.717, 1.165) is 17.6 Å². The molecule has 0 radical (unpaired) electrons. The third-order valence-electron chi connectivity index (χ3n) is 8.88. The summed E-state index contributed by atoms with van der Waals surface area (Å²) in [5.74, 6) is 0.342. The molecule has 0 N–H and O–H groups in total. The van der Waals surface area contributed by atoms with Crippen LogP contribution >= 0.6 is 0 Å². The van der Waals surface area contributed by atoms with Gasteiger partial charge in [0.1, 0.15) is 11.6 Å². The Bertz CT molecular complexity index is 730. The molecule has 3 aliphatic carbocycles. The lowest BCUT2D eigenvalue weighted by Gasteiger charge is -2.62. The number of hydrogen-bond donors (Lipinski definition) is 0. The van der Waals surface area contributed by atoms with Crippen LogP contribution in [-0.4, -0.2) is 50.5 Å². The van der Waals surface area contributed by atoms with Crippen LogP contribution < -0.4 is 0 Å². The van der Waals surface area contributed by atoms with Crippen LogP contribution in [0, 0.1) is 27.6 Å². The van der Waals surface area contributed by atoms with Gasteiger partial charge in [-0.1, -0.05) is 24.6 Å². The zero-order chi connectivity index (χ0) is 20.5. The highest BCUT2D eigenvalue weighted by Gasteiger charge is 2.67. The Morgan fingerprint density at radius 1 is 1.18 bits per heavy atom. The van der Waals surface area contributed by atoms with Crippen molar-refractivity contribution in [2.75, 3.05) is 20.8 Å². The van der Waals surface area contributed by atoms with E-state index in [-0.39, 0.29) is 29.8 Å². The Hall–Kier alpha value is -1.11. The first-order valence-electron chi connectivity index (χ1n) is 10.4. The molecule has 1 saturated heterocycles. The summed E-state index contributed by atoms with van der Waals surface area (Å²) in [6.07, 6.45) is 1.98. The molecule has 6 nitrogen and oxygen atoms in total.